The van der Waals surface area contributed by atoms with Crippen molar-refractivity contribution >= 4 is 18.1 Å². The van der Waals surface area contributed by atoms with Gasteiger partial charge in [0.15, 0.2) is 0 Å². The minimum absolute atomic E-state index is 0.0379. The van der Waals surface area contributed by atoms with Gasteiger partial charge in [-0.2, -0.15) is 5.10 Å². The number of hydrogen-bond donors (Lipinski definition) is 3. The Bertz CT molecular complexity index is 1630. The molecule has 2 aromatic heterocycles. The number of benzene rings is 2. The Morgan fingerprint density at radius 1 is 1.00 bits per heavy atom. The first-order valence-corrected chi connectivity index (χ1v) is 13.5. The van der Waals surface area contributed by atoms with Crippen LogP contribution in [0.3, 0.4) is 0 Å². The fourth-order valence-corrected chi connectivity index (χ4v) is 4.97. The highest BCUT2D eigenvalue weighted by molar-refractivity contribution is 5.96. The maximum atomic E-state index is 14.2. The molecule has 0 aliphatic heterocycles. The van der Waals surface area contributed by atoms with E-state index in [2.05, 4.69) is 20.7 Å². The molecule has 1 aliphatic rings. The zero-order valence-electron chi connectivity index (χ0n) is 23.1. The summed E-state index contributed by atoms with van der Waals surface area (Å²) in [6, 6.07) is 13.9. The minimum Gasteiger partial charge on any atom is -0.508 e. The average Bonchev–Trinajstić information content (AvgIpc) is 3.32. The van der Waals surface area contributed by atoms with E-state index in [1.165, 1.54) is 12.1 Å². The lowest BCUT2D eigenvalue weighted by atomic mass is 9.91. The van der Waals surface area contributed by atoms with E-state index in [1.54, 1.807) is 48.1 Å². The number of halogens is 1. The number of aromatic nitrogens is 3. The van der Waals surface area contributed by atoms with Crippen molar-refractivity contribution in [3.05, 3.63) is 89.1 Å². The van der Waals surface area contributed by atoms with Gasteiger partial charge < -0.3 is 20.5 Å². The second-order valence-electron chi connectivity index (χ2n) is 10.4. The molecule has 0 bridgehead atoms. The molecule has 4 aromatic rings. The van der Waals surface area contributed by atoms with Crippen molar-refractivity contribution in [2.45, 2.75) is 44.7 Å². The van der Waals surface area contributed by atoms with Gasteiger partial charge in [-0.25, -0.2) is 9.37 Å². The maximum Gasteiger partial charge on any atom is 0.272 e. The Balaban J connectivity index is 1.23. The van der Waals surface area contributed by atoms with Crippen molar-refractivity contribution < 1.29 is 28.6 Å². The number of hydrogen-bond acceptors (Lipinski definition) is 7. The molecule has 42 heavy (non-hydrogen) atoms. The van der Waals surface area contributed by atoms with Crippen LogP contribution in [0.5, 0.6) is 17.4 Å². The molecule has 2 aromatic carbocycles. The summed E-state index contributed by atoms with van der Waals surface area (Å²) in [4.78, 5) is 41.0. The molecule has 216 valence electrons. The third-order valence-electron chi connectivity index (χ3n) is 7.26. The summed E-state index contributed by atoms with van der Waals surface area (Å²) >= 11 is 0. The molecule has 1 aliphatic carbocycles. The number of carbonyl (C=O) groups is 3. The monoisotopic (exact) mass is 571 g/mol. The van der Waals surface area contributed by atoms with E-state index in [-0.39, 0.29) is 35.2 Å². The first-order chi connectivity index (χ1) is 20.2. The molecule has 2 heterocycles. The van der Waals surface area contributed by atoms with Crippen molar-refractivity contribution in [1.29, 1.82) is 0 Å². The average molecular weight is 572 g/mol. The van der Waals surface area contributed by atoms with E-state index < -0.39 is 11.7 Å². The zero-order valence-corrected chi connectivity index (χ0v) is 23.1. The van der Waals surface area contributed by atoms with Crippen molar-refractivity contribution in [1.82, 2.24) is 25.4 Å². The summed E-state index contributed by atoms with van der Waals surface area (Å²) < 4.78 is 21.7. The van der Waals surface area contributed by atoms with Gasteiger partial charge in [-0.05, 0) is 86.2 Å². The van der Waals surface area contributed by atoms with Crippen LogP contribution < -0.4 is 15.4 Å². The second-order valence-corrected chi connectivity index (χ2v) is 10.4. The van der Waals surface area contributed by atoms with Gasteiger partial charge in [-0.3, -0.25) is 19.1 Å². The van der Waals surface area contributed by atoms with Crippen LogP contribution in [-0.2, 0) is 7.05 Å². The van der Waals surface area contributed by atoms with E-state index in [0.717, 1.165) is 18.0 Å². The molecular weight excluding hydrogens is 541 g/mol. The van der Waals surface area contributed by atoms with Crippen molar-refractivity contribution in [2.75, 3.05) is 0 Å². The molecule has 1 fully saturated rings. The molecule has 5 rings (SSSR count). The van der Waals surface area contributed by atoms with Gasteiger partial charge in [0.25, 0.3) is 11.8 Å². The summed E-state index contributed by atoms with van der Waals surface area (Å²) in [7, 11) is 1.78. The summed E-state index contributed by atoms with van der Waals surface area (Å²) in [5.41, 5.74) is 2.77. The number of aromatic hydroxyl groups is 1. The van der Waals surface area contributed by atoms with Crippen LogP contribution in [0.2, 0.25) is 0 Å². The fourth-order valence-electron chi connectivity index (χ4n) is 4.97. The van der Waals surface area contributed by atoms with Crippen LogP contribution in [0.1, 0.15) is 62.6 Å². The first kappa shape index (κ1) is 28.5. The smallest absolute Gasteiger partial charge is 0.272 e. The van der Waals surface area contributed by atoms with Crippen LogP contribution in [0.25, 0.3) is 11.1 Å². The summed E-state index contributed by atoms with van der Waals surface area (Å²) in [5, 5.41) is 20.1. The highest BCUT2D eigenvalue weighted by Crippen LogP contribution is 2.31. The Morgan fingerprint density at radius 2 is 1.71 bits per heavy atom. The Hall–Kier alpha value is -5.06. The van der Waals surface area contributed by atoms with Gasteiger partial charge in [0.2, 0.25) is 5.88 Å². The lowest BCUT2D eigenvalue weighted by molar-refractivity contribution is 0.0887. The predicted octanol–water partition coefficient (Wildman–Crippen LogP) is 4.71. The number of nitrogens with zero attached hydrogens (tertiary/aromatic N) is 3. The van der Waals surface area contributed by atoms with Gasteiger partial charge in [0.1, 0.15) is 34.9 Å². The van der Waals surface area contributed by atoms with E-state index >= 15 is 0 Å². The predicted molar refractivity (Wildman–Crippen MR) is 152 cm³/mol. The van der Waals surface area contributed by atoms with Crippen LogP contribution in [0.15, 0.2) is 60.8 Å². The van der Waals surface area contributed by atoms with Crippen molar-refractivity contribution in [3.63, 3.8) is 0 Å². The van der Waals surface area contributed by atoms with Gasteiger partial charge >= 0.3 is 0 Å². The lowest BCUT2D eigenvalue weighted by Crippen LogP contribution is -2.44. The molecule has 0 radical (unpaired) electrons. The van der Waals surface area contributed by atoms with E-state index in [4.69, 9.17) is 4.74 Å². The number of carbonyl (C=O) groups excluding carboxylic acids is 3. The summed E-state index contributed by atoms with van der Waals surface area (Å²) in [6.45, 7) is 1.88. The molecule has 0 saturated heterocycles. The molecule has 0 atom stereocenters. The quantitative estimate of drug-likeness (QED) is 0.261. The number of aldehydes is 1. The standard InChI is InChI=1S/C31H30FN5O5/c1-18-10-28(36-37(18)2)30(41)35-24-8-6-23(7-9-24)34-29(40)27-15-22(32)16-33-31(27)42-26-5-3-4-20(14-26)21-11-19(17-38)12-25(39)13-21/h3-5,10-17,23-24,39H,6-9H2,1-2H3,(H,34,40)(H,35,41). The SMILES string of the molecule is Cc1cc(C(=O)NC2CCC(NC(=O)c3cc(F)cnc3Oc3cccc(-c4cc(O)cc(C=O)c4)c3)CC2)nn1C. The molecule has 2 amide bonds. The molecule has 10 nitrogen and oxygen atoms in total. The van der Waals surface area contributed by atoms with Crippen LogP contribution in [0, 0.1) is 12.7 Å². The van der Waals surface area contributed by atoms with E-state index in [1.807, 2.05) is 6.92 Å². The molecular formula is C31H30FN5O5. The van der Waals surface area contributed by atoms with Crippen molar-refractivity contribution in [2.24, 2.45) is 7.05 Å². The number of pyridine rings is 1. The molecule has 3 N–H and O–H groups in total. The highest BCUT2D eigenvalue weighted by atomic mass is 19.1. The maximum absolute atomic E-state index is 14.2. The third-order valence-corrected chi connectivity index (χ3v) is 7.26. The highest BCUT2D eigenvalue weighted by Gasteiger charge is 2.26. The summed E-state index contributed by atoms with van der Waals surface area (Å²) in [6.07, 6.45) is 4.21. The number of phenolic OH excluding ortho intramolecular Hbond substituents is 1. The minimum atomic E-state index is -0.682. The molecule has 0 unspecified atom stereocenters. The Labute approximate surface area is 241 Å². The number of nitrogens with one attached hydrogen (secondary N) is 2. The normalized spacial score (nSPS) is 16.5. The number of phenols is 1. The lowest BCUT2D eigenvalue weighted by Gasteiger charge is -2.29. The largest absolute Gasteiger partial charge is 0.508 e. The fraction of sp³-hybridized carbons (Fsp3) is 0.258. The van der Waals surface area contributed by atoms with E-state index in [0.29, 0.717) is 60.1 Å². The number of amides is 2. The Kier molecular flexibility index (Phi) is 8.28. The molecule has 0 spiro atoms. The van der Waals surface area contributed by atoms with Crippen molar-refractivity contribution in [3.8, 4) is 28.5 Å². The van der Waals surface area contributed by atoms with Crippen LogP contribution in [0.4, 0.5) is 4.39 Å². The van der Waals surface area contributed by atoms with Gasteiger partial charge in [0, 0.05) is 30.4 Å². The molecule has 1 saturated carbocycles. The number of aryl methyl sites for hydroxylation is 2. The second kappa shape index (κ2) is 12.2. The third kappa shape index (κ3) is 6.63. The topological polar surface area (TPSA) is 135 Å². The first-order valence-electron chi connectivity index (χ1n) is 13.5. The van der Waals surface area contributed by atoms with E-state index in [9.17, 15) is 23.9 Å². The van der Waals surface area contributed by atoms with Gasteiger partial charge in [0.05, 0.1) is 6.20 Å². The van der Waals surface area contributed by atoms with Gasteiger partial charge in [-0.15, -0.1) is 0 Å². The van der Waals surface area contributed by atoms with Gasteiger partial charge in [-0.1, -0.05) is 12.1 Å². The van der Waals surface area contributed by atoms with Crippen LogP contribution >= 0.6 is 0 Å². The zero-order chi connectivity index (χ0) is 29.8. The Morgan fingerprint density at radius 3 is 2.38 bits per heavy atom. The molecule has 11 heteroatoms. The number of ether oxygens (including phenoxy) is 1. The van der Waals surface area contributed by atoms with Crippen LogP contribution in [-0.4, -0.2) is 50.1 Å². The number of rotatable bonds is 8. The summed E-state index contributed by atoms with van der Waals surface area (Å²) in [5.74, 6) is -1.22.